The third-order valence-electron chi connectivity index (χ3n) is 3.53. The number of carbonyl (C=O) groups excluding carboxylic acids is 2. The molecule has 0 radical (unpaired) electrons. The van der Waals surface area contributed by atoms with E-state index in [4.69, 9.17) is 24.7 Å². The van der Waals surface area contributed by atoms with Gasteiger partial charge in [-0.05, 0) is 30.3 Å². The minimum Gasteiger partial charge on any atom is -0.493 e. The molecule has 0 atom stereocenters. The van der Waals surface area contributed by atoms with Crippen LogP contribution < -0.4 is 30.0 Å². The van der Waals surface area contributed by atoms with Crippen LogP contribution in [0.4, 0.5) is 0 Å². The van der Waals surface area contributed by atoms with Crippen LogP contribution in [0, 0.1) is 0 Å². The number of benzene rings is 2. The average molecular weight is 453 g/mol. The topological polar surface area (TPSA) is 109 Å². The molecule has 0 aliphatic heterocycles. The number of hydrogen-bond donors (Lipinski definition) is 2. The predicted molar refractivity (Wildman–Crippen MR) is 106 cm³/mol. The van der Waals surface area contributed by atoms with Crippen LogP contribution in [0.15, 0.2) is 40.9 Å². The normalized spacial score (nSPS) is 10.1. The third kappa shape index (κ3) is 6.05. The summed E-state index contributed by atoms with van der Waals surface area (Å²) in [5.41, 5.74) is 5.40. The van der Waals surface area contributed by atoms with Crippen molar-refractivity contribution in [2.24, 2.45) is 5.73 Å². The van der Waals surface area contributed by atoms with Gasteiger partial charge < -0.3 is 30.0 Å². The molecule has 0 spiro atoms. The lowest BCUT2D eigenvalue weighted by atomic mass is 10.1. The molecule has 0 bridgehead atoms. The molecule has 0 fully saturated rings. The van der Waals surface area contributed by atoms with Gasteiger partial charge in [-0.15, -0.1) is 0 Å². The zero-order valence-corrected chi connectivity index (χ0v) is 17.1. The second-order valence-electron chi connectivity index (χ2n) is 5.53. The van der Waals surface area contributed by atoms with Crippen LogP contribution in [0.25, 0.3) is 0 Å². The van der Waals surface area contributed by atoms with Gasteiger partial charge in [0.15, 0.2) is 18.1 Å². The number of hydrogen-bond acceptors (Lipinski definition) is 6. The Balaban J connectivity index is 2.00. The second kappa shape index (κ2) is 10.4. The number of nitrogens with two attached hydrogens (primary N) is 1. The summed E-state index contributed by atoms with van der Waals surface area (Å²) in [6.07, 6.45) is 0. The number of amides is 2. The Morgan fingerprint density at radius 3 is 2.32 bits per heavy atom. The van der Waals surface area contributed by atoms with Crippen LogP contribution in [0.1, 0.15) is 10.4 Å². The monoisotopic (exact) mass is 452 g/mol. The number of rotatable bonds is 10. The van der Waals surface area contributed by atoms with Crippen molar-refractivity contribution >= 4 is 27.7 Å². The lowest BCUT2D eigenvalue weighted by molar-refractivity contribution is -0.120. The van der Waals surface area contributed by atoms with Gasteiger partial charge in [0, 0.05) is 10.0 Å². The summed E-state index contributed by atoms with van der Waals surface area (Å²) in [6.45, 7) is 0.261. The van der Waals surface area contributed by atoms with Crippen molar-refractivity contribution in [3.05, 3.63) is 46.4 Å². The molecule has 0 aromatic heterocycles. The number of ether oxygens (including phenoxy) is 4. The molecule has 3 N–H and O–H groups in total. The Bertz CT molecular complexity index is 818. The van der Waals surface area contributed by atoms with E-state index in [1.807, 2.05) is 24.3 Å². The first-order chi connectivity index (χ1) is 13.4. The van der Waals surface area contributed by atoms with E-state index in [9.17, 15) is 9.59 Å². The van der Waals surface area contributed by atoms with Crippen molar-refractivity contribution in [3.63, 3.8) is 0 Å². The van der Waals surface area contributed by atoms with Crippen LogP contribution >= 0.6 is 15.9 Å². The fraction of sp³-hybridized carbons (Fsp3) is 0.263. The molecule has 2 aromatic carbocycles. The molecule has 0 saturated heterocycles. The third-order valence-corrected chi connectivity index (χ3v) is 4.03. The molecule has 2 aromatic rings. The Morgan fingerprint density at radius 2 is 1.75 bits per heavy atom. The largest absolute Gasteiger partial charge is 0.493 e. The van der Waals surface area contributed by atoms with E-state index >= 15 is 0 Å². The van der Waals surface area contributed by atoms with Gasteiger partial charge in [0.05, 0.1) is 20.8 Å². The first kappa shape index (κ1) is 21.4. The Labute approximate surface area is 171 Å². The molecule has 2 amide bonds. The summed E-state index contributed by atoms with van der Waals surface area (Å²) >= 11 is 3.37. The summed E-state index contributed by atoms with van der Waals surface area (Å²) in [5.74, 6) is 0.404. The Morgan fingerprint density at radius 1 is 1.07 bits per heavy atom. The van der Waals surface area contributed by atoms with Gasteiger partial charge in [-0.1, -0.05) is 22.0 Å². The highest BCUT2D eigenvalue weighted by molar-refractivity contribution is 9.10. The zero-order valence-electron chi connectivity index (χ0n) is 15.5. The molecule has 150 valence electrons. The van der Waals surface area contributed by atoms with Gasteiger partial charge in [-0.2, -0.15) is 0 Å². The number of carbonyl (C=O) groups is 2. The lowest BCUT2D eigenvalue weighted by Crippen LogP contribution is -2.28. The highest BCUT2D eigenvalue weighted by Gasteiger charge is 2.18. The van der Waals surface area contributed by atoms with Crippen molar-refractivity contribution in [2.75, 3.05) is 34.0 Å². The van der Waals surface area contributed by atoms with E-state index in [1.165, 1.54) is 26.4 Å². The lowest BCUT2D eigenvalue weighted by Gasteiger charge is -2.15. The van der Waals surface area contributed by atoms with Crippen LogP contribution in [-0.2, 0) is 4.79 Å². The second-order valence-corrected chi connectivity index (χ2v) is 6.44. The number of primary amides is 1. The highest BCUT2D eigenvalue weighted by Crippen LogP contribution is 2.38. The smallest absolute Gasteiger partial charge is 0.255 e. The van der Waals surface area contributed by atoms with Gasteiger partial charge >= 0.3 is 0 Å². The van der Waals surface area contributed by atoms with Crippen molar-refractivity contribution in [2.45, 2.75) is 0 Å². The van der Waals surface area contributed by atoms with Crippen molar-refractivity contribution in [1.29, 1.82) is 0 Å². The maximum Gasteiger partial charge on any atom is 0.255 e. The summed E-state index contributed by atoms with van der Waals surface area (Å²) < 4.78 is 22.3. The van der Waals surface area contributed by atoms with Gasteiger partial charge in [-0.3, -0.25) is 9.59 Å². The number of halogens is 1. The van der Waals surface area contributed by atoms with E-state index in [0.717, 1.165) is 4.47 Å². The minimum atomic E-state index is -0.642. The SMILES string of the molecule is COc1cc(C(=O)NCCOc2cccc(Br)c2)cc(OC)c1OCC(N)=O. The maximum atomic E-state index is 12.4. The zero-order chi connectivity index (χ0) is 20.5. The molecule has 0 heterocycles. The molecule has 0 unspecified atom stereocenters. The first-order valence-electron chi connectivity index (χ1n) is 8.28. The minimum absolute atomic E-state index is 0.193. The van der Waals surface area contributed by atoms with E-state index in [1.54, 1.807) is 0 Å². The van der Waals surface area contributed by atoms with Crippen LogP contribution in [0.3, 0.4) is 0 Å². The fourth-order valence-corrected chi connectivity index (χ4v) is 2.67. The predicted octanol–water partition coefficient (Wildman–Crippen LogP) is 2.14. The van der Waals surface area contributed by atoms with E-state index < -0.39 is 5.91 Å². The van der Waals surface area contributed by atoms with E-state index in [0.29, 0.717) is 24.5 Å². The van der Waals surface area contributed by atoms with Crippen molar-refractivity contribution < 1.29 is 28.5 Å². The molecular weight excluding hydrogens is 432 g/mol. The maximum absolute atomic E-state index is 12.4. The fourth-order valence-electron chi connectivity index (χ4n) is 2.29. The van der Waals surface area contributed by atoms with Crippen molar-refractivity contribution in [1.82, 2.24) is 5.32 Å². The molecule has 8 nitrogen and oxygen atoms in total. The molecule has 0 aliphatic rings. The van der Waals surface area contributed by atoms with Gasteiger partial charge in [0.1, 0.15) is 12.4 Å². The quantitative estimate of drug-likeness (QED) is 0.534. The Hall–Kier alpha value is -2.94. The molecule has 9 heteroatoms. The number of nitrogens with one attached hydrogen (secondary N) is 1. The Kier molecular flexibility index (Phi) is 7.94. The van der Waals surface area contributed by atoms with Gasteiger partial charge in [0.2, 0.25) is 5.75 Å². The standard InChI is InChI=1S/C19H21BrN2O6/c1-25-15-8-12(9-16(26-2)18(15)28-11-17(21)23)19(24)22-6-7-27-14-5-3-4-13(20)10-14/h3-5,8-10H,6-7,11H2,1-2H3,(H2,21,23)(H,22,24). The average Bonchev–Trinajstić information content (AvgIpc) is 2.68. The summed E-state index contributed by atoms with van der Waals surface area (Å²) in [4.78, 5) is 23.4. The van der Waals surface area contributed by atoms with Crippen LogP contribution in [0.5, 0.6) is 23.0 Å². The van der Waals surface area contributed by atoms with Crippen LogP contribution in [0.2, 0.25) is 0 Å². The number of methoxy groups -OCH3 is 2. The van der Waals surface area contributed by atoms with Gasteiger partial charge in [-0.25, -0.2) is 0 Å². The highest BCUT2D eigenvalue weighted by atomic mass is 79.9. The molecular formula is C19H21BrN2O6. The van der Waals surface area contributed by atoms with E-state index in [2.05, 4.69) is 21.2 Å². The van der Waals surface area contributed by atoms with Crippen LogP contribution in [-0.4, -0.2) is 45.8 Å². The molecule has 0 saturated carbocycles. The van der Waals surface area contributed by atoms with E-state index in [-0.39, 0.29) is 29.8 Å². The summed E-state index contributed by atoms with van der Waals surface area (Å²) in [5, 5.41) is 2.75. The summed E-state index contributed by atoms with van der Waals surface area (Å²) in [6, 6.07) is 10.4. The van der Waals surface area contributed by atoms with Crippen molar-refractivity contribution in [3.8, 4) is 23.0 Å². The van der Waals surface area contributed by atoms with Gasteiger partial charge in [0.25, 0.3) is 11.8 Å². The summed E-state index contributed by atoms with van der Waals surface area (Å²) in [7, 11) is 2.83. The molecule has 2 rings (SSSR count). The molecule has 0 aliphatic carbocycles. The first-order valence-corrected chi connectivity index (χ1v) is 9.07. The molecule has 28 heavy (non-hydrogen) atoms.